The maximum atomic E-state index is 13.0. The van der Waals surface area contributed by atoms with Crippen LogP contribution < -0.4 is 4.74 Å². The number of nitrogens with one attached hydrogen (secondary N) is 1. The van der Waals surface area contributed by atoms with Gasteiger partial charge in [-0.3, -0.25) is 4.79 Å². The summed E-state index contributed by atoms with van der Waals surface area (Å²) in [5.41, 5.74) is 5.16. The van der Waals surface area contributed by atoms with Crippen molar-refractivity contribution in [3.8, 4) is 5.75 Å². The minimum atomic E-state index is 0.0236. The molecule has 0 fully saturated rings. The summed E-state index contributed by atoms with van der Waals surface area (Å²) in [5, 5.41) is 0.952. The van der Waals surface area contributed by atoms with Crippen LogP contribution in [0.4, 0.5) is 0 Å². The van der Waals surface area contributed by atoms with E-state index in [1.165, 1.54) is 11.1 Å². The van der Waals surface area contributed by atoms with Gasteiger partial charge in [0.05, 0.1) is 6.10 Å². The van der Waals surface area contributed by atoms with E-state index >= 15 is 0 Å². The molecule has 34 heavy (non-hydrogen) atoms. The summed E-state index contributed by atoms with van der Waals surface area (Å²) in [5.74, 6) is 1.53. The van der Waals surface area contributed by atoms with Gasteiger partial charge in [0, 0.05) is 28.2 Å². The topological polar surface area (TPSA) is 42.1 Å². The largest absolute Gasteiger partial charge is 0.490 e. The highest BCUT2D eigenvalue weighted by molar-refractivity contribution is 6.16. The number of ether oxygens (including phenoxy) is 1. The van der Waals surface area contributed by atoms with Crippen molar-refractivity contribution in [3.63, 3.8) is 0 Å². The first-order valence-corrected chi connectivity index (χ1v) is 12.5. The standard InChI is InChI=1S/C31H35NO2/c1-4-26(9-7-8-23-12-14-24(15-13-23)20-22(2)3)34-27-18-16-25(17-19-27)31(33)29-21-32-30-11-6-5-10-28(29)30/h5-6,10-19,21-22,26,32H,4,7-9,20H2,1-3H3. The number of rotatable bonds is 11. The third-order valence-electron chi connectivity index (χ3n) is 6.37. The van der Waals surface area contributed by atoms with Gasteiger partial charge in [-0.25, -0.2) is 0 Å². The molecule has 1 heterocycles. The van der Waals surface area contributed by atoms with E-state index in [9.17, 15) is 4.79 Å². The molecule has 3 heteroatoms. The minimum Gasteiger partial charge on any atom is -0.490 e. The molecule has 1 aromatic heterocycles. The van der Waals surface area contributed by atoms with E-state index in [1.807, 2.05) is 48.5 Å². The molecule has 1 N–H and O–H groups in total. The van der Waals surface area contributed by atoms with E-state index in [1.54, 1.807) is 6.20 Å². The second kappa shape index (κ2) is 11.2. The predicted molar refractivity (Wildman–Crippen MR) is 141 cm³/mol. The van der Waals surface area contributed by atoms with E-state index < -0.39 is 0 Å². The van der Waals surface area contributed by atoms with Crippen molar-refractivity contribution in [2.45, 2.75) is 59.0 Å². The average molecular weight is 454 g/mol. The normalized spacial score (nSPS) is 12.2. The second-order valence-corrected chi connectivity index (χ2v) is 9.56. The molecular weight excluding hydrogens is 418 g/mol. The molecule has 0 radical (unpaired) electrons. The van der Waals surface area contributed by atoms with E-state index in [2.05, 4.69) is 50.0 Å². The lowest BCUT2D eigenvalue weighted by molar-refractivity contribution is 0.104. The number of aromatic nitrogens is 1. The number of H-pyrrole nitrogens is 1. The molecule has 0 spiro atoms. The Bertz CT molecular complexity index is 1200. The van der Waals surface area contributed by atoms with Crippen molar-refractivity contribution in [2.24, 2.45) is 5.92 Å². The van der Waals surface area contributed by atoms with Crippen molar-refractivity contribution in [3.05, 3.63) is 101 Å². The van der Waals surface area contributed by atoms with E-state index in [0.29, 0.717) is 17.0 Å². The van der Waals surface area contributed by atoms with Gasteiger partial charge in [-0.1, -0.05) is 63.2 Å². The van der Waals surface area contributed by atoms with Crippen LogP contribution in [0.3, 0.4) is 0 Å². The quantitative estimate of drug-likeness (QED) is 0.236. The first-order chi connectivity index (χ1) is 16.5. The number of carbonyl (C=O) groups is 1. The van der Waals surface area contributed by atoms with E-state index in [-0.39, 0.29) is 11.9 Å². The second-order valence-electron chi connectivity index (χ2n) is 9.56. The number of fused-ring (bicyclic) bond motifs is 1. The Morgan fingerprint density at radius 2 is 1.62 bits per heavy atom. The number of carbonyl (C=O) groups excluding carboxylic acids is 1. The Morgan fingerprint density at radius 1 is 0.912 bits per heavy atom. The van der Waals surface area contributed by atoms with Gasteiger partial charge < -0.3 is 9.72 Å². The number of benzene rings is 3. The van der Waals surface area contributed by atoms with Crippen molar-refractivity contribution in [2.75, 3.05) is 0 Å². The van der Waals surface area contributed by atoms with Crippen LogP contribution in [0.15, 0.2) is 79.0 Å². The van der Waals surface area contributed by atoms with Crippen LogP contribution in [0.2, 0.25) is 0 Å². The fourth-order valence-corrected chi connectivity index (χ4v) is 4.49. The van der Waals surface area contributed by atoms with Crippen molar-refractivity contribution < 1.29 is 9.53 Å². The summed E-state index contributed by atoms with van der Waals surface area (Å²) >= 11 is 0. The highest BCUT2D eigenvalue weighted by Gasteiger charge is 2.15. The molecular formula is C31H35NO2. The van der Waals surface area contributed by atoms with Gasteiger partial charge in [0.2, 0.25) is 0 Å². The molecule has 0 aliphatic carbocycles. The van der Waals surface area contributed by atoms with Crippen LogP contribution in [0.5, 0.6) is 5.75 Å². The van der Waals surface area contributed by atoms with Crippen molar-refractivity contribution in [1.29, 1.82) is 0 Å². The zero-order chi connectivity index (χ0) is 23.9. The predicted octanol–water partition coefficient (Wildman–Crippen LogP) is 7.78. The highest BCUT2D eigenvalue weighted by Crippen LogP contribution is 2.23. The Hall–Kier alpha value is -3.33. The summed E-state index contributed by atoms with van der Waals surface area (Å²) in [6.45, 7) is 6.68. The SMILES string of the molecule is CCC(CCCc1ccc(CC(C)C)cc1)Oc1ccc(C(=O)c2c[nH]c3ccccc23)cc1. The van der Waals surface area contributed by atoms with E-state index in [4.69, 9.17) is 4.74 Å². The Morgan fingerprint density at radius 3 is 2.32 bits per heavy atom. The molecule has 0 aliphatic heterocycles. The molecule has 4 aromatic rings. The first-order valence-electron chi connectivity index (χ1n) is 12.5. The molecule has 4 rings (SSSR count). The molecule has 176 valence electrons. The molecule has 3 nitrogen and oxygen atoms in total. The zero-order valence-electron chi connectivity index (χ0n) is 20.5. The molecule has 3 aromatic carbocycles. The van der Waals surface area contributed by atoms with Crippen molar-refractivity contribution in [1.82, 2.24) is 4.98 Å². The van der Waals surface area contributed by atoms with Crippen LogP contribution >= 0.6 is 0 Å². The maximum Gasteiger partial charge on any atom is 0.195 e. The first kappa shape index (κ1) is 23.8. The monoisotopic (exact) mass is 453 g/mol. The number of hydrogen-bond donors (Lipinski definition) is 1. The lowest BCUT2D eigenvalue weighted by Gasteiger charge is -2.18. The summed E-state index contributed by atoms with van der Waals surface area (Å²) in [4.78, 5) is 16.2. The van der Waals surface area contributed by atoms with Gasteiger partial charge in [-0.05, 0) is 79.5 Å². The molecule has 0 amide bonds. The average Bonchev–Trinajstić information content (AvgIpc) is 3.28. The lowest BCUT2D eigenvalue weighted by Crippen LogP contribution is -2.15. The molecule has 0 saturated heterocycles. The van der Waals surface area contributed by atoms with Crippen LogP contribution in [0.25, 0.3) is 10.9 Å². The lowest BCUT2D eigenvalue weighted by atomic mass is 9.99. The number of ketones is 1. The summed E-state index contributed by atoms with van der Waals surface area (Å²) < 4.78 is 6.24. The maximum absolute atomic E-state index is 13.0. The number of aromatic amines is 1. The third kappa shape index (κ3) is 5.96. The third-order valence-corrected chi connectivity index (χ3v) is 6.37. The Balaban J connectivity index is 1.30. The smallest absolute Gasteiger partial charge is 0.195 e. The summed E-state index contributed by atoms with van der Waals surface area (Å²) in [6, 6.07) is 24.5. The van der Waals surface area contributed by atoms with Gasteiger partial charge in [-0.2, -0.15) is 0 Å². The molecule has 0 bridgehead atoms. The summed E-state index contributed by atoms with van der Waals surface area (Å²) in [6.07, 6.45) is 7.25. The Labute approximate surface area is 203 Å². The molecule has 0 saturated carbocycles. The minimum absolute atomic E-state index is 0.0236. The zero-order valence-corrected chi connectivity index (χ0v) is 20.5. The van der Waals surface area contributed by atoms with Gasteiger partial charge >= 0.3 is 0 Å². The fraction of sp³-hybridized carbons (Fsp3) is 0.323. The van der Waals surface area contributed by atoms with Crippen molar-refractivity contribution >= 4 is 16.7 Å². The van der Waals surface area contributed by atoms with Crippen LogP contribution in [-0.2, 0) is 12.8 Å². The van der Waals surface area contributed by atoms with Crippen LogP contribution in [-0.4, -0.2) is 16.9 Å². The van der Waals surface area contributed by atoms with Gasteiger partial charge in [0.25, 0.3) is 0 Å². The summed E-state index contributed by atoms with van der Waals surface area (Å²) in [7, 11) is 0. The van der Waals surface area contributed by atoms with E-state index in [0.717, 1.165) is 48.8 Å². The fourth-order valence-electron chi connectivity index (χ4n) is 4.49. The van der Waals surface area contributed by atoms with Gasteiger partial charge in [0.1, 0.15) is 5.75 Å². The number of hydrogen-bond acceptors (Lipinski definition) is 2. The number of para-hydroxylation sites is 1. The molecule has 0 aliphatic rings. The van der Waals surface area contributed by atoms with Gasteiger partial charge in [0.15, 0.2) is 5.78 Å². The Kier molecular flexibility index (Phi) is 7.84. The van der Waals surface area contributed by atoms with Gasteiger partial charge in [-0.15, -0.1) is 0 Å². The molecule has 1 unspecified atom stereocenters. The number of aryl methyl sites for hydroxylation is 1. The highest BCUT2D eigenvalue weighted by atomic mass is 16.5. The van der Waals surface area contributed by atoms with Crippen LogP contribution in [0.1, 0.15) is 67.1 Å². The molecule has 1 atom stereocenters. The van der Waals surface area contributed by atoms with Crippen LogP contribution in [0, 0.1) is 5.92 Å².